The van der Waals surface area contributed by atoms with Gasteiger partial charge < -0.3 is 0 Å². The predicted molar refractivity (Wildman–Crippen MR) is 116 cm³/mol. The summed E-state index contributed by atoms with van der Waals surface area (Å²) in [7, 11) is 0. The number of nitrogens with zero attached hydrogens (tertiary/aromatic N) is 2. The van der Waals surface area contributed by atoms with Gasteiger partial charge in [0.2, 0.25) is 0 Å². The van der Waals surface area contributed by atoms with E-state index in [1.807, 2.05) is 48.5 Å². The Bertz CT molecular complexity index is 1170. The lowest BCUT2D eigenvalue weighted by molar-refractivity contribution is 0.976. The van der Waals surface area contributed by atoms with Crippen LogP contribution in [-0.4, -0.2) is 9.55 Å². The van der Waals surface area contributed by atoms with Crippen molar-refractivity contribution in [3.63, 3.8) is 0 Å². The third kappa shape index (κ3) is 3.02. The van der Waals surface area contributed by atoms with Crippen molar-refractivity contribution in [2.75, 3.05) is 0 Å². The van der Waals surface area contributed by atoms with Crippen molar-refractivity contribution in [3.8, 4) is 17.1 Å². The second kappa shape index (κ2) is 7.02. The lowest BCUT2D eigenvalue weighted by Crippen LogP contribution is -2.22. The average molecular weight is 493 g/mol. The number of para-hydroxylation sites is 1. The normalized spacial score (nSPS) is 11.0. The van der Waals surface area contributed by atoms with E-state index in [-0.39, 0.29) is 5.56 Å². The molecule has 0 atom stereocenters. The van der Waals surface area contributed by atoms with Gasteiger partial charge in [0.15, 0.2) is 0 Å². The van der Waals surface area contributed by atoms with Crippen molar-refractivity contribution in [2.24, 2.45) is 0 Å². The molecule has 0 saturated carbocycles. The summed E-state index contributed by atoms with van der Waals surface area (Å²) in [6, 6.07) is 20.3. The second-order valence-electron chi connectivity index (χ2n) is 5.67. The SMILES string of the molecule is O=c1c2cc(I)ccc2nc(-c2ccccc2)n1-c1c(Cl)cccc1Cl. The minimum absolute atomic E-state index is 0.206. The molecule has 0 aliphatic heterocycles. The van der Waals surface area contributed by atoms with Gasteiger partial charge in [-0.15, -0.1) is 0 Å². The van der Waals surface area contributed by atoms with Crippen LogP contribution < -0.4 is 5.56 Å². The van der Waals surface area contributed by atoms with Gasteiger partial charge in [-0.1, -0.05) is 59.6 Å². The number of rotatable bonds is 2. The van der Waals surface area contributed by atoms with Gasteiger partial charge in [0.1, 0.15) is 5.82 Å². The van der Waals surface area contributed by atoms with Crippen LogP contribution in [0, 0.1) is 3.57 Å². The molecule has 0 radical (unpaired) electrons. The summed E-state index contributed by atoms with van der Waals surface area (Å²) in [5.41, 5.74) is 1.67. The van der Waals surface area contributed by atoms with Crippen molar-refractivity contribution < 1.29 is 0 Å². The van der Waals surface area contributed by atoms with Crippen molar-refractivity contribution >= 4 is 56.7 Å². The topological polar surface area (TPSA) is 34.9 Å². The molecule has 4 rings (SSSR count). The summed E-state index contributed by atoms with van der Waals surface area (Å²) in [6.07, 6.45) is 0. The van der Waals surface area contributed by atoms with E-state index in [1.54, 1.807) is 18.2 Å². The standard InChI is InChI=1S/C20H11Cl2IN2O/c21-15-7-4-8-16(22)18(15)25-19(12-5-2-1-3-6-12)24-17-10-9-13(23)11-14(17)20(25)26/h1-11H. The molecule has 0 unspecified atom stereocenters. The lowest BCUT2D eigenvalue weighted by Gasteiger charge is -2.16. The molecule has 0 bridgehead atoms. The van der Waals surface area contributed by atoms with Gasteiger partial charge in [-0.05, 0) is 52.9 Å². The van der Waals surface area contributed by atoms with Crippen molar-refractivity contribution in [1.82, 2.24) is 9.55 Å². The molecule has 1 aromatic heterocycles. The number of hydrogen-bond donors (Lipinski definition) is 0. The Morgan fingerprint density at radius 2 is 1.58 bits per heavy atom. The quantitative estimate of drug-likeness (QED) is 0.323. The fourth-order valence-electron chi connectivity index (χ4n) is 2.85. The summed E-state index contributed by atoms with van der Waals surface area (Å²) in [5, 5.41) is 1.31. The summed E-state index contributed by atoms with van der Waals surface area (Å²) < 4.78 is 2.46. The first kappa shape index (κ1) is 17.5. The predicted octanol–water partition coefficient (Wildman–Crippen LogP) is 5.96. The van der Waals surface area contributed by atoms with Crippen LogP contribution in [0.4, 0.5) is 0 Å². The van der Waals surface area contributed by atoms with Gasteiger partial charge in [0, 0.05) is 9.13 Å². The highest BCUT2D eigenvalue weighted by Gasteiger charge is 2.18. The molecule has 0 spiro atoms. The molecule has 128 valence electrons. The van der Waals surface area contributed by atoms with E-state index >= 15 is 0 Å². The number of fused-ring (bicyclic) bond motifs is 1. The molecular formula is C20H11Cl2IN2O. The van der Waals surface area contributed by atoms with E-state index in [1.165, 1.54) is 4.57 Å². The van der Waals surface area contributed by atoms with Gasteiger partial charge in [-0.3, -0.25) is 9.36 Å². The molecule has 3 nitrogen and oxygen atoms in total. The molecule has 1 heterocycles. The Hall–Kier alpha value is -1.89. The Morgan fingerprint density at radius 3 is 2.27 bits per heavy atom. The molecule has 26 heavy (non-hydrogen) atoms. The lowest BCUT2D eigenvalue weighted by atomic mass is 10.1. The Labute approximate surface area is 173 Å². The summed E-state index contributed by atoms with van der Waals surface area (Å²) >= 11 is 15.0. The smallest absolute Gasteiger partial charge is 0.266 e. The minimum Gasteiger partial charge on any atom is -0.268 e. The summed E-state index contributed by atoms with van der Waals surface area (Å²) in [5.74, 6) is 0.499. The molecule has 0 fully saturated rings. The van der Waals surface area contributed by atoms with E-state index in [2.05, 4.69) is 22.6 Å². The molecule has 0 amide bonds. The van der Waals surface area contributed by atoms with Crippen LogP contribution in [0.15, 0.2) is 71.5 Å². The molecule has 0 aliphatic rings. The van der Waals surface area contributed by atoms with Crippen LogP contribution >= 0.6 is 45.8 Å². The molecule has 3 aromatic carbocycles. The fraction of sp³-hybridized carbons (Fsp3) is 0. The highest BCUT2D eigenvalue weighted by atomic mass is 127. The number of halogens is 3. The Balaban J connectivity index is 2.19. The molecule has 0 saturated heterocycles. The zero-order chi connectivity index (χ0) is 18.3. The second-order valence-corrected chi connectivity index (χ2v) is 7.73. The van der Waals surface area contributed by atoms with Crippen LogP contribution in [0.2, 0.25) is 10.0 Å². The minimum atomic E-state index is -0.206. The molecule has 0 N–H and O–H groups in total. The van der Waals surface area contributed by atoms with Crippen LogP contribution in [0.3, 0.4) is 0 Å². The van der Waals surface area contributed by atoms with Gasteiger partial charge in [-0.25, -0.2) is 4.98 Å². The molecular weight excluding hydrogens is 482 g/mol. The van der Waals surface area contributed by atoms with Crippen molar-refractivity contribution in [2.45, 2.75) is 0 Å². The number of hydrogen-bond acceptors (Lipinski definition) is 2. The largest absolute Gasteiger partial charge is 0.268 e. The third-order valence-electron chi connectivity index (χ3n) is 4.02. The zero-order valence-electron chi connectivity index (χ0n) is 13.3. The first-order valence-corrected chi connectivity index (χ1v) is 9.62. The average Bonchev–Trinajstić information content (AvgIpc) is 2.64. The maximum Gasteiger partial charge on any atom is 0.266 e. The van der Waals surface area contributed by atoms with E-state index in [0.717, 1.165) is 9.13 Å². The van der Waals surface area contributed by atoms with Crippen LogP contribution in [0.5, 0.6) is 0 Å². The number of aromatic nitrogens is 2. The van der Waals surface area contributed by atoms with E-state index in [4.69, 9.17) is 28.2 Å². The van der Waals surface area contributed by atoms with Crippen LogP contribution in [-0.2, 0) is 0 Å². The Morgan fingerprint density at radius 1 is 0.885 bits per heavy atom. The number of benzene rings is 3. The fourth-order valence-corrected chi connectivity index (χ4v) is 3.91. The summed E-state index contributed by atoms with van der Waals surface area (Å²) in [4.78, 5) is 18.1. The highest BCUT2D eigenvalue weighted by Crippen LogP contribution is 2.31. The van der Waals surface area contributed by atoms with Crippen LogP contribution in [0.25, 0.3) is 28.0 Å². The van der Waals surface area contributed by atoms with Crippen molar-refractivity contribution in [3.05, 3.63) is 90.7 Å². The van der Waals surface area contributed by atoms with E-state index in [0.29, 0.717) is 32.5 Å². The zero-order valence-corrected chi connectivity index (χ0v) is 17.0. The van der Waals surface area contributed by atoms with E-state index < -0.39 is 0 Å². The maximum absolute atomic E-state index is 13.4. The Kier molecular flexibility index (Phi) is 4.73. The molecule has 6 heteroatoms. The first-order chi connectivity index (χ1) is 12.6. The molecule has 0 aliphatic carbocycles. The molecule has 4 aromatic rings. The monoisotopic (exact) mass is 492 g/mol. The van der Waals surface area contributed by atoms with E-state index in [9.17, 15) is 4.79 Å². The third-order valence-corrected chi connectivity index (χ3v) is 5.30. The van der Waals surface area contributed by atoms with Crippen molar-refractivity contribution in [1.29, 1.82) is 0 Å². The summed E-state index contributed by atoms with van der Waals surface area (Å²) in [6.45, 7) is 0. The van der Waals surface area contributed by atoms with Gasteiger partial charge in [0.05, 0.1) is 26.6 Å². The first-order valence-electron chi connectivity index (χ1n) is 7.78. The van der Waals surface area contributed by atoms with Gasteiger partial charge in [-0.2, -0.15) is 0 Å². The maximum atomic E-state index is 13.4. The van der Waals surface area contributed by atoms with Crippen LogP contribution in [0.1, 0.15) is 0 Å². The van der Waals surface area contributed by atoms with Gasteiger partial charge in [0.25, 0.3) is 5.56 Å². The highest BCUT2D eigenvalue weighted by molar-refractivity contribution is 14.1. The van der Waals surface area contributed by atoms with Gasteiger partial charge >= 0.3 is 0 Å².